The maximum absolute atomic E-state index is 8.41. The Morgan fingerprint density at radius 2 is 1.71 bits per heavy atom. The van der Waals surface area contributed by atoms with E-state index in [2.05, 4.69) is 109 Å². The van der Waals surface area contributed by atoms with E-state index >= 15 is 0 Å². The lowest BCUT2D eigenvalue weighted by atomic mass is 9.62. The summed E-state index contributed by atoms with van der Waals surface area (Å²) in [6.07, 6.45) is 33.1. The van der Waals surface area contributed by atoms with E-state index in [-0.39, 0.29) is 23.8 Å². The summed E-state index contributed by atoms with van der Waals surface area (Å²) < 4.78 is 5.87. The predicted octanol–water partition coefficient (Wildman–Crippen LogP) is 8.79. The number of nitrogens with two attached hydrogens (primary N) is 1. The minimum atomic E-state index is -0.684. The Hall–Kier alpha value is -5.00. The van der Waals surface area contributed by atoms with Gasteiger partial charge < -0.3 is 10.1 Å². The van der Waals surface area contributed by atoms with Crippen LogP contribution >= 0.6 is 0 Å². The van der Waals surface area contributed by atoms with Gasteiger partial charge in [0, 0.05) is 40.2 Å². The zero-order valence-electron chi connectivity index (χ0n) is 27.8. The average molecular weight is 645 g/mol. The summed E-state index contributed by atoms with van der Waals surface area (Å²) in [5.41, 5.74) is 16.4. The van der Waals surface area contributed by atoms with Crippen LogP contribution in [0.3, 0.4) is 0 Å². The molecule has 6 unspecified atom stereocenters. The fraction of sp³-hybridized carbons (Fsp3) is 0.273. The molecule has 0 saturated carbocycles. The number of benzene rings is 2. The monoisotopic (exact) mass is 644 g/mol. The highest BCUT2D eigenvalue weighted by Gasteiger charge is 2.41. The molecule has 6 aliphatic rings. The minimum absolute atomic E-state index is 0.0913. The first-order valence-electron chi connectivity index (χ1n) is 17.8. The number of hydrogen-bond donors (Lipinski definition) is 3. The summed E-state index contributed by atoms with van der Waals surface area (Å²) in [5, 5.41) is 12.2. The van der Waals surface area contributed by atoms with E-state index in [1.54, 1.807) is 5.57 Å². The SMILES string of the molecule is N=C(OC(N)C1=CCC(C2=C3C=CCCC3C(C3=CC(C4C=CC=CC4)NC(c4ccccc4)=N3)C3=C2C=CCC3)C=C1)c1ccccc1. The first-order chi connectivity index (χ1) is 24.1. The van der Waals surface area contributed by atoms with Crippen molar-refractivity contribution in [3.8, 4) is 0 Å². The Morgan fingerprint density at radius 3 is 2.49 bits per heavy atom. The smallest absolute Gasteiger partial charge is 0.215 e. The standard InChI is InChI=1S/C44H44N4O/c45-42(31-16-6-2-7-17-31)49-43(46)32-26-24-30(25-27-32)40-34-20-10-12-22-36(34)41(37-23-13-11-21-35(37)40)39-28-38(29-14-4-1-5-15-29)47-44(48-39)33-18-8-3-9-19-33/h1-11,14,16-21,24,26-30,36,38,41,43,45H,12-13,15,22-23,25,46H2,(H,47,48). The molecule has 0 fully saturated rings. The van der Waals surface area contributed by atoms with Crippen LogP contribution < -0.4 is 11.1 Å². The molecule has 2 aromatic rings. The molecule has 1 aliphatic heterocycles. The molecule has 6 atom stereocenters. The van der Waals surface area contributed by atoms with Gasteiger partial charge in [0.25, 0.3) is 0 Å². The largest absolute Gasteiger partial charge is 0.454 e. The molecule has 0 spiro atoms. The minimum Gasteiger partial charge on any atom is -0.454 e. The molecule has 5 aliphatic carbocycles. The van der Waals surface area contributed by atoms with Crippen LogP contribution in [0.25, 0.3) is 0 Å². The molecular weight excluding hydrogens is 601 g/mol. The molecular formula is C44H44N4O. The number of nitrogens with one attached hydrogen (secondary N) is 2. The van der Waals surface area contributed by atoms with Gasteiger partial charge >= 0.3 is 0 Å². The van der Waals surface area contributed by atoms with Gasteiger partial charge in [-0.1, -0.05) is 121 Å². The van der Waals surface area contributed by atoms with Crippen LogP contribution in [-0.4, -0.2) is 24.0 Å². The maximum atomic E-state index is 8.41. The summed E-state index contributed by atoms with van der Waals surface area (Å²) in [6, 6.07) is 20.3. The van der Waals surface area contributed by atoms with Crippen LogP contribution in [0.5, 0.6) is 0 Å². The summed E-state index contributed by atoms with van der Waals surface area (Å²) in [6.45, 7) is 0. The first-order valence-corrected chi connectivity index (χ1v) is 17.8. The van der Waals surface area contributed by atoms with Crippen LogP contribution in [-0.2, 0) is 4.74 Å². The number of aliphatic imine (C=N–C) groups is 1. The van der Waals surface area contributed by atoms with Crippen molar-refractivity contribution < 1.29 is 4.74 Å². The zero-order chi connectivity index (χ0) is 33.2. The molecule has 0 aromatic heterocycles. The molecule has 0 bridgehead atoms. The lowest BCUT2D eigenvalue weighted by Crippen LogP contribution is -2.43. The number of hydrogen-bond acceptors (Lipinski definition) is 5. The van der Waals surface area contributed by atoms with Crippen molar-refractivity contribution in [1.29, 1.82) is 5.41 Å². The molecule has 0 radical (unpaired) electrons. The van der Waals surface area contributed by atoms with Crippen molar-refractivity contribution in [3.63, 3.8) is 0 Å². The Balaban J connectivity index is 1.12. The Kier molecular flexibility index (Phi) is 8.84. The van der Waals surface area contributed by atoms with E-state index < -0.39 is 6.23 Å². The van der Waals surface area contributed by atoms with Crippen LogP contribution in [0.1, 0.15) is 49.7 Å². The van der Waals surface area contributed by atoms with Gasteiger partial charge in [-0.2, -0.15) is 0 Å². The molecule has 49 heavy (non-hydrogen) atoms. The van der Waals surface area contributed by atoms with Crippen LogP contribution in [0.15, 0.2) is 172 Å². The van der Waals surface area contributed by atoms with Gasteiger partial charge in [0.2, 0.25) is 5.90 Å². The number of ether oxygens (including phenoxy) is 1. The van der Waals surface area contributed by atoms with Gasteiger partial charge in [-0.3, -0.25) is 11.1 Å². The van der Waals surface area contributed by atoms with Crippen molar-refractivity contribution in [2.24, 2.45) is 34.4 Å². The molecule has 2 aromatic carbocycles. The summed E-state index contributed by atoms with van der Waals surface area (Å²) in [4.78, 5) is 5.47. The fourth-order valence-corrected chi connectivity index (χ4v) is 8.38. The lowest BCUT2D eigenvalue weighted by molar-refractivity contribution is 0.233. The number of nitrogens with zero attached hydrogens (tertiary/aromatic N) is 1. The molecule has 5 nitrogen and oxygen atoms in total. The Morgan fingerprint density at radius 1 is 0.898 bits per heavy atom. The molecule has 0 saturated heterocycles. The Bertz CT molecular complexity index is 1920. The second kappa shape index (κ2) is 13.9. The fourth-order valence-electron chi connectivity index (χ4n) is 8.38. The van der Waals surface area contributed by atoms with Crippen molar-refractivity contribution in [1.82, 2.24) is 5.32 Å². The van der Waals surface area contributed by atoms with Gasteiger partial charge in [0.1, 0.15) is 5.84 Å². The van der Waals surface area contributed by atoms with Gasteiger partial charge in [0.15, 0.2) is 6.23 Å². The van der Waals surface area contributed by atoms with Gasteiger partial charge in [0.05, 0.1) is 6.04 Å². The number of fused-ring (bicyclic) bond motifs is 1. The van der Waals surface area contributed by atoms with Crippen LogP contribution in [0.2, 0.25) is 0 Å². The van der Waals surface area contributed by atoms with Crippen LogP contribution in [0, 0.1) is 29.1 Å². The van der Waals surface area contributed by atoms with Crippen molar-refractivity contribution >= 4 is 11.7 Å². The van der Waals surface area contributed by atoms with E-state index in [0.717, 1.165) is 61.1 Å². The number of rotatable bonds is 7. The zero-order valence-corrected chi connectivity index (χ0v) is 27.8. The third kappa shape index (κ3) is 6.31. The maximum Gasteiger partial charge on any atom is 0.215 e. The van der Waals surface area contributed by atoms with E-state index in [1.165, 1.54) is 22.4 Å². The van der Waals surface area contributed by atoms with E-state index in [4.69, 9.17) is 20.9 Å². The molecule has 1 heterocycles. The lowest BCUT2D eigenvalue weighted by Gasteiger charge is -2.43. The molecule has 0 amide bonds. The van der Waals surface area contributed by atoms with Gasteiger partial charge in [-0.25, -0.2) is 4.99 Å². The molecule has 4 N–H and O–H groups in total. The quantitative estimate of drug-likeness (QED) is 0.160. The summed E-state index contributed by atoms with van der Waals surface area (Å²) in [7, 11) is 0. The molecule has 8 rings (SSSR count). The second-order valence-electron chi connectivity index (χ2n) is 13.8. The highest BCUT2D eigenvalue weighted by atomic mass is 16.5. The summed E-state index contributed by atoms with van der Waals surface area (Å²) >= 11 is 0. The summed E-state index contributed by atoms with van der Waals surface area (Å²) in [5.74, 6) is 2.33. The van der Waals surface area contributed by atoms with Crippen LogP contribution in [0.4, 0.5) is 0 Å². The van der Waals surface area contributed by atoms with Crippen molar-refractivity contribution in [3.05, 3.63) is 178 Å². The predicted molar refractivity (Wildman–Crippen MR) is 200 cm³/mol. The van der Waals surface area contributed by atoms with E-state index in [9.17, 15) is 0 Å². The number of allylic oxidation sites excluding steroid dienone is 13. The molecule has 5 heteroatoms. The highest BCUT2D eigenvalue weighted by Crippen LogP contribution is 2.53. The average Bonchev–Trinajstić information content (AvgIpc) is 3.17. The Labute approximate surface area is 290 Å². The van der Waals surface area contributed by atoms with Crippen molar-refractivity contribution in [2.75, 3.05) is 0 Å². The normalized spacial score (nSPS) is 27.8. The second-order valence-corrected chi connectivity index (χ2v) is 13.8. The highest BCUT2D eigenvalue weighted by molar-refractivity contribution is 6.00. The first kappa shape index (κ1) is 31.3. The van der Waals surface area contributed by atoms with Gasteiger partial charge in [-0.05, 0) is 79.4 Å². The third-order valence-electron chi connectivity index (χ3n) is 10.8. The van der Waals surface area contributed by atoms with E-state index in [0.29, 0.717) is 11.8 Å². The van der Waals surface area contributed by atoms with Crippen molar-refractivity contribution in [2.45, 2.75) is 50.8 Å². The molecule has 246 valence electrons. The van der Waals surface area contributed by atoms with E-state index in [1.807, 2.05) is 30.3 Å². The van der Waals surface area contributed by atoms with Gasteiger partial charge in [-0.15, -0.1) is 0 Å². The number of amidine groups is 1. The topological polar surface area (TPSA) is 83.5 Å². The third-order valence-corrected chi connectivity index (χ3v) is 10.8.